The molecule has 0 aliphatic rings. The topological polar surface area (TPSA) is 84.5 Å². The molecule has 0 unspecified atom stereocenters. The zero-order valence-corrected chi connectivity index (χ0v) is 14.8. The van der Waals surface area contributed by atoms with Gasteiger partial charge < -0.3 is 15.4 Å². The van der Waals surface area contributed by atoms with Gasteiger partial charge in [0.05, 0.1) is 0 Å². The van der Waals surface area contributed by atoms with Crippen molar-refractivity contribution in [2.24, 2.45) is 5.92 Å². The summed E-state index contributed by atoms with van der Waals surface area (Å²) in [5.41, 5.74) is 1.08. The van der Waals surface area contributed by atoms with E-state index in [0.29, 0.717) is 11.3 Å². The standard InChI is InChI=1S/C20H22N2O4/c1-14(2)18(22-20(25)21-16-11-7-4-8-12-16)19(24)26-13-17(23)15-9-5-3-6-10-15/h3-12,14,18H,13H2,1-2H3,(H2,21,22,25)/t18-/m1/s1. The van der Waals surface area contributed by atoms with Crippen molar-refractivity contribution in [1.29, 1.82) is 0 Å². The Morgan fingerprint density at radius 3 is 2.08 bits per heavy atom. The van der Waals surface area contributed by atoms with Crippen LogP contribution in [0.2, 0.25) is 0 Å². The highest BCUT2D eigenvalue weighted by molar-refractivity contribution is 5.98. The van der Waals surface area contributed by atoms with Crippen LogP contribution in [0.25, 0.3) is 0 Å². The lowest BCUT2D eigenvalue weighted by molar-refractivity contribution is -0.145. The molecule has 2 rings (SSSR count). The van der Waals surface area contributed by atoms with Crippen molar-refractivity contribution in [3.8, 4) is 0 Å². The number of anilines is 1. The van der Waals surface area contributed by atoms with Gasteiger partial charge in [0.25, 0.3) is 0 Å². The van der Waals surface area contributed by atoms with E-state index < -0.39 is 18.0 Å². The Kier molecular flexibility index (Phi) is 6.91. The van der Waals surface area contributed by atoms with Crippen molar-refractivity contribution in [3.05, 3.63) is 66.2 Å². The highest BCUT2D eigenvalue weighted by Crippen LogP contribution is 2.08. The number of urea groups is 1. The average molecular weight is 354 g/mol. The Morgan fingerprint density at radius 1 is 0.923 bits per heavy atom. The monoisotopic (exact) mass is 354 g/mol. The summed E-state index contributed by atoms with van der Waals surface area (Å²) in [6.45, 7) is 3.20. The maximum absolute atomic E-state index is 12.3. The van der Waals surface area contributed by atoms with E-state index in [1.54, 1.807) is 68.4 Å². The van der Waals surface area contributed by atoms with Crippen molar-refractivity contribution in [2.45, 2.75) is 19.9 Å². The van der Waals surface area contributed by atoms with Gasteiger partial charge in [-0.05, 0) is 18.1 Å². The van der Waals surface area contributed by atoms with Crippen LogP contribution in [0.4, 0.5) is 10.5 Å². The Balaban J connectivity index is 1.90. The molecule has 0 aliphatic carbocycles. The van der Waals surface area contributed by atoms with Gasteiger partial charge in [-0.15, -0.1) is 0 Å². The predicted molar refractivity (Wildman–Crippen MR) is 99.0 cm³/mol. The van der Waals surface area contributed by atoms with E-state index in [4.69, 9.17) is 4.74 Å². The lowest BCUT2D eigenvalue weighted by Crippen LogP contribution is -2.47. The number of ketones is 1. The molecule has 0 saturated carbocycles. The number of hydrogen-bond acceptors (Lipinski definition) is 4. The van der Waals surface area contributed by atoms with Gasteiger partial charge in [0, 0.05) is 11.3 Å². The predicted octanol–water partition coefficient (Wildman–Crippen LogP) is 3.26. The third kappa shape index (κ3) is 5.73. The van der Waals surface area contributed by atoms with E-state index in [2.05, 4.69) is 10.6 Å². The molecule has 26 heavy (non-hydrogen) atoms. The van der Waals surface area contributed by atoms with Crippen LogP contribution < -0.4 is 10.6 Å². The molecule has 2 amide bonds. The summed E-state index contributed by atoms with van der Waals surface area (Å²) in [4.78, 5) is 36.4. The Labute approximate surface area is 152 Å². The number of ether oxygens (including phenoxy) is 1. The Bertz CT molecular complexity index is 745. The van der Waals surface area contributed by atoms with Crippen LogP contribution in [0.3, 0.4) is 0 Å². The summed E-state index contributed by atoms with van der Waals surface area (Å²) in [5.74, 6) is -1.14. The van der Waals surface area contributed by atoms with Crippen LogP contribution in [-0.4, -0.2) is 30.4 Å². The highest BCUT2D eigenvalue weighted by Gasteiger charge is 2.26. The fourth-order valence-electron chi connectivity index (χ4n) is 2.26. The summed E-state index contributed by atoms with van der Waals surface area (Å²) < 4.78 is 5.10. The van der Waals surface area contributed by atoms with Crippen molar-refractivity contribution in [2.75, 3.05) is 11.9 Å². The van der Waals surface area contributed by atoms with Crippen molar-refractivity contribution in [1.82, 2.24) is 5.32 Å². The smallest absolute Gasteiger partial charge is 0.329 e. The molecule has 0 fully saturated rings. The van der Waals surface area contributed by atoms with Gasteiger partial charge in [-0.1, -0.05) is 62.4 Å². The molecule has 2 aromatic carbocycles. The normalized spacial score (nSPS) is 11.5. The van der Waals surface area contributed by atoms with Gasteiger partial charge in [-0.2, -0.15) is 0 Å². The van der Waals surface area contributed by atoms with E-state index in [9.17, 15) is 14.4 Å². The summed E-state index contributed by atoms with van der Waals surface area (Å²) in [5, 5.41) is 5.24. The van der Waals surface area contributed by atoms with E-state index >= 15 is 0 Å². The Morgan fingerprint density at radius 2 is 1.50 bits per heavy atom. The molecule has 0 radical (unpaired) electrons. The number of carbonyl (C=O) groups is 3. The summed E-state index contributed by atoms with van der Waals surface area (Å²) in [6.07, 6.45) is 0. The second kappa shape index (κ2) is 9.36. The molecule has 1 atom stereocenters. The number of hydrogen-bond donors (Lipinski definition) is 2. The number of rotatable bonds is 7. The third-order valence-corrected chi connectivity index (χ3v) is 3.68. The van der Waals surface area contributed by atoms with Gasteiger partial charge in [-0.3, -0.25) is 4.79 Å². The number of para-hydroxylation sites is 1. The molecule has 0 aliphatic heterocycles. The second-order valence-electron chi connectivity index (χ2n) is 6.08. The minimum Gasteiger partial charge on any atom is -0.456 e. The molecule has 0 aromatic heterocycles. The molecular formula is C20H22N2O4. The van der Waals surface area contributed by atoms with Gasteiger partial charge in [0.2, 0.25) is 0 Å². The first kappa shape index (κ1) is 19.2. The van der Waals surface area contributed by atoms with Crippen LogP contribution >= 0.6 is 0 Å². The van der Waals surface area contributed by atoms with Gasteiger partial charge in [-0.25, -0.2) is 9.59 Å². The summed E-state index contributed by atoms with van der Waals surface area (Å²) in [7, 11) is 0. The van der Waals surface area contributed by atoms with Crippen molar-refractivity contribution >= 4 is 23.5 Å². The maximum atomic E-state index is 12.3. The van der Waals surface area contributed by atoms with Crippen molar-refractivity contribution < 1.29 is 19.1 Å². The van der Waals surface area contributed by atoms with Crippen LogP contribution in [0.15, 0.2) is 60.7 Å². The SMILES string of the molecule is CC(C)[C@@H](NC(=O)Nc1ccccc1)C(=O)OCC(=O)c1ccccc1. The first-order chi connectivity index (χ1) is 12.5. The van der Waals surface area contributed by atoms with E-state index in [1.165, 1.54) is 0 Å². The number of Topliss-reactive ketones (excluding diaryl/α,β-unsaturated/α-hetero) is 1. The molecule has 0 bridgehead atoms. The van der Waals surface area contributed by atoms with Gasteiger partial charge >= 0.3 is 12.0 Å². The minimum atomic E-state index is -0.859. The molecule has 6 nitrogen and oxygen atoms in total. The maximum Gasteiger partial charge on any atom is 0.329 e. The lowest BCUT2D eigenvalue weighted by atomic mass is 10.1. The zero-order valence-electron chi connectivity index (χ0n) is 14.8. The van der Waals surface area contributed by atoms with Crippen LogP contribution in [-0.2, 0) is 9.53 Å². The quantitative estimate of drug-likeness (QED) is 0.590. The number of benzene rings is 2. The van der Waals surface area contributed by atoms with E-state index in [-0.39, 0.29) is 18.3 Å². The largest absolute Gasteiger partial charge is 0.456 e. The molecule has 0 spiro atoms. The number of amides is 2. The van der Waals surface area contributed by atoms with Gasteiger partial charge in [0.15, 0.2) is 12.4 Å². The number of esters is 1. The molecule has 136 valence electrons. The molecule has 2 aromatic rings. The summed E-state index contributed by atoms with van der Waals surface area (Å²) in [6, 6.07) is 16.1. The molecular weight excluding hydrogens is 332 g/mol. The first-order valence-electron chi connectivity index (χ1n) is 8.35. The second-order valence-corrected chi connectivity index (χ2v) is 6.08. The molecule has 2 N–H and O–H groups in total. The van der Waals surface area contributed by atoms with Crippen LogP contribution in [0.5, 0.6) is 0 Å². The van der Waals surface area contributed by atoms with Crippen LogP contribution in [0.1, 0.15) is 24.2 Å². The third-order valence-electron chi connectivity index (χ3n) is 3.68. The fourth-order valence-corrected chi connectivity index (χ4v) is 2.26. The van der Waals surface area contributed by atoms with Crippen molar-refractivity contribution in [3.63, 3.8) is 0 Å². The molecule has 0 saturated heterocycles. The molecule has 6 heteroatoms. The number of nitrogens with one attached hydrogen (secondary N) is 2. The van der Waals surface area contributed by atoms with Gasteiger partial charge in [0.1, 0.15) is 6.04 Å². The average Bonchev–Trinajstić information content (AvgIpc) is 2.65. The van der Waals surface area contributed by atoms with E-state index in [1.807, 2.05) is 6.07 Å². The Hall–Kier alpha value is -3.15. The van der Waals surface area contributed by atoms with E-state index in [0.717, 1.165) is 0 Å². The minimum absolute atomic E-state index is 0.198. The highest BCUT2D eigenvalue weighted by atomic mass is 16.5. The van der Waals surface area contributed by atoms with Crippen LogP contribution in [0, 0.1) is 5.92 Å². The zero-order chi connectivity index (χ0) is 18.9. The summed E-state index contributed by atoms with van der Waals surface area (Å²) >= 11 is 0. The number of carbonyl (C=O) groups excluding carboxylic acids is 3. The fraction of sp³-hybridized carbons (Fsp3) is 0.250. The lowest BCUT2D eigenvalue weighted by Gasteiger charge is -2.21. The molecule has 0 heterocycles. The first-order valence-corrected chi connectivity index (χ1v) is 8.35.